The van der Waals surface area contributed by atoms with Crippen molar-refractivity contribution in [2.45, 2.75) is 31.9 Å². The van der Waals surface area contributed by atoms with Crippen LogP contribution in [0.25, 0.3) is 0 Å². The summed E-state index contributed by atoms with van der Waals surface area (Å²) in [5, 5.41) is 0. The zero-order valence-electron chi connectivity index (χ0n) is 9.42. The summed E-state index contributed by atoms with van der Waals surface area (Å²) in [5.41, 5.74) is 5.11. The van der Waals surface area contributed by atoms with Gasteiger partial charge in [-0.05, 0) is 30.0 Å². The largest absolute Gasteiger partial charge is 0.416 e. The third-order valence-electron chi connectivity index (χ3n) is 2.65. The summed E-state index contributed by atoms with van der Waals surface area (Å²) in [7, 11) is 0. The molecule has 94 valence electrons. The van der Waals surface area contributed by atoms with E-state index in [1.165, 1.54) is 12.1 Å². The molecule has 0 aromatic heterocycles. The normalized spacial score (nSPS) is 13.4. The molecular weight excluding hydrogens is 231 g/mol. The van der Waals surface area contributed by atoms with Gasteiger partial charge < -0.3 is 5.73 Å². The molecule has 2 N–H and O–H groups in total. The molecule has 0 unspecified atom stereocenters. The number of rotatable bonds is 4. The van der Waals surface area contributed by atoms with Gasteiger partial charge in [0.1, 0.15) is 0 Å². The highest BCUT2D eigenvalue weighted by molar-refractivity contribution is 5.74. The third-order valence-corrected chi connectivity index (χ3v) is 2.65. The van der Waals surface area contributed by atoms with Crippen LogP contribution in [-0.4, -0.2) is 5.91 Å². The molecule has 17 heavy (non-hydrogen) atoms. The number of carbonyl (C=O) groups is 1. The highest BCUT2D eigenvalue weighted by Gasteiger charge is 2.30. The van der Waals surface area contributed by atoms with Crippen LogP contribution in [0.3, 0.4) is 0 Å². The first-order valence-corrected chi connectivity index (χ1v) is 5.30. The lowest BCUT2D eigenvalue weighted by molar-refractivity contribution is -0.137. The van der Waals surface area contributed by atoms with Crippen LogP contribution in [0.1, 0.15) is 36.8 Å². The van der Waals surface area contributed by atoms with Crippen LogP contribution in [-0.2, 0) is 11.0 Å². The van der Waals surface area contributed by atoms with Gasteiger partial charge in [-0.2, -0.15) is 13.2 Å². The van der Waals surface area contributed by atoms with E-state index in [-0.39, 0.29) is 12.3 Å². The monoisotopic (exact) mass is 245 g/mol. The fourth-order valence-corrected chi connectivity index (χ4v) is 1.69. The molecule has 2 nitrogen and oxygen atoms in total. The molecule has 0 heterocycles. The summed E-state index contributed by atoms with van der Waals surface area (Å²) < 4.78 is 37.0. The number of primary amides is 1. The van der Waals surface area contributed by atoms with Crippen molar-refractivity contribution in [2.75, 3.05) is 0 Å². The van der Waals surface area contributed by atoms with E-state index in [4.69, 9.17) is 5.73 Å². The van der Waals surface area contributed by atoms with E-state index in [1.54, 1.807) is 0 Å². The molecule has 5 heteroatoms. The first-order valence-electron chi connectivity index (χ1n) is 5.30. The predicted octanol–water partition coefficient (Wildman–Crippen LogP) is 3.07. The van der Waals surface area contributed by atoms with Crippen molar-refractivity contribution in [3.63, 3.8) is 0 Å². The van der Waals surface area contributed by atoms with Crippen molar-refractivity contribution in [1.82, 2.24) is 0 Å². The van der Waals surface area contributed by atoms with Gasteiger partial charge in [-0.25, -0.2) is 0 Å². The summed E-state index contributed by atoms with van der Waals surface area (Å²) in [5.74, 6) is -0.563. The molecule has 0 bridgehead atoms. The maximum atomic E-state index is 12.3. The summed E-state index contributed by atoms with van der Waals surface area (Å²) >= 11 is 0. The highest BCUT2D eigenvalue weighted by Crippen LogP contribution is 2.31. The minimum absolute atomic E-state index is 0.116. The Labute approximate surface area is 97.6 Å². The topological polar surface area (TPSA) is 43.1 Å². The van der Waals surface area contributed by atoms with Crippen LogP contribution in [0.5, 0.6) is 0 Å². The van der Waals surface area contributed by atoms with Crippen molar-refractivity contribution in [1.29, 1.82) is 0 Å². The number of halogens is 3. The second-order valence-corrected chi connectivity index (χ2v) is 3.90. The zero-order chi connectivity index (χ0) is 13.1. The molecule has 1 aromatic rings. The number of hydrogen-bond donors (Lipinski definition) is 1. The average Bonchev–Trinajstić information content (AvgIpc) is 2.24. The summed E-state index contributed by atoms with van der Waals surface area (Å²) in [6.07, 6.45) is -3.51. The lowest BCUT2D eigenvalue weighted by Crippen LogP contribution is -2.15. The molecule has 0 spiro atoms. The maximum Gasteiger partial charge on any atom is 0.416 e. The standard InChI is InChI=1S/C12H14F3NO/c1-2-8(7-11(16)17)9-3-5-10(6-4-9)12(13,14)15/h3-6,8H,2,7H2,1H3,(H2,16,17)/t8-/m1/s1. The Bertz CT molecular complexity index is 384. The van der Waals surface area contributed by atoms with E-state index in [0.717, 1.165) is 12.1 Å². The Morgan fingerprint density at radius 1 is 1.29 bits per heavy atom. The van der Waals surface area contributed by atoms with E-state index in [1.807, 2.05) is 6.92 Å². The molecule has 0 aliphatic rings. The van der Waals surface area contributed by atoms with Crippen LogP contribution < -0.4 is 5.73 Å². The number of alkyl halides is 3. The molecular formula is C12H14F3NO. The van der Waals surface area contributed by atoms with Crippen molar-refractivity contribution >= 4 is 5.91 Å². The second kappa shape index (κ2) is 5.21. The minimum Gasteiger partial charge on any atom is -0.370 e. The fourth-order valence-electron chi connectivity index (χ4n) is 1.69. The number of carbonyl (C=O) groups excluding carboxylic acids is 1. The summed E-state index contributed by atoms with van der Waals surface area (Å²) in [6, 6.07) is 4.86. The van der Waals surface area contributed by atoms with Gasteiger partial charge in [-0.1, -0.05) is 19.1 Å². The van der Waals surface area contributed by atoms with Gasteiger partial charge >= 0.3 is 6.18 Å². The maximum absolute atomic E-state index is 12.3. The summed E-state index contributed by atoms with van der Waals surface area (Å²) in [6.45, 7) is 1.87. The first kappa shape index (κ1) is 13.5. The Kier molecular flexibility index (Phi) is 4.15. The fraction of sp³-hybridized carbons (Fsp3) is 0.417. The van der Waals surface area contributed by atoms with Gasteiger partial charge in [-0.3, -0.25) is 4.79 Å². The van der Waals surface area contributed by atoms with Crippen LogP contribution >= 0.6 is 0 Å². The van der Waals surface area contributed by atoms with E-state index in [0.29, 0.717) is 12.0 Å². The predicted molar refractivity (Wildman–Crippen MR) is 58.3 cm³/mol. The SMILES string of the molecule is CC[C@H](CC(N)=O)c1ccc(C(F)(F)F)cc1. The Morgan fingerprint density at radius 2 is 1.82 bits per heavy atom. The van der Waals surface area contributed by atoms with Crippen LogP contribution in [0.15, 0.2) is 24.3 Å². The second-order valence-electron chi connectivity index (χ2n) is 3.90. The lowest BCUT2D eigenvalue weighted by Gasteiger charge is -2.14. The molecule has 0 fully saturated rings. The van der Waals surface area contributed by atoms with Crippen molar-refractivity contribution < 1.29 is 18.0 Å². The van der Waals surface area contributed by atoms with Crippen molar-refractivity contribution in [3.05, 3.63) is 35.4 Å². The van der Waals surface area contributed by atoms with Gasteiger partial charge in [0.05, 0.1) is 5.56 Å². The number of nitrogens with two attached hydrogens (primary N) is 1. The highest BCUT2D eigenvalue weighted by atomic mass is 19.4. The Balaban J connectivity index is 2.89. The van der Waals surface area contributed by atoms with Crippen molar-refractivity contribution in [2.24, 2.45) is 5.73 Å². The number of hydrogen-bond acceptors (Lipinski definition) is 1. The lowest BCUT2D eigenvalue weighted by atomic mass is 9.92. The molecule has 0 aliphatic heterocycles. The molecule has 1 rings (SSSR count). The minimum atomic E-state index is -4.33. The molecule has 0 saturated carbocycles. The third kappa shape index (κ3) is 3.76. The average molecular weight is 245 g/mol. The van der Waals surface area contributed by atoms with Gasteiger partial charge in [0.2, 0.25) is 5.91 Å². The molecule has 0 saturated heterocycles. The number of benzene rings is 1. The summed E-state index contributed by atoms with van der Waals surface area (Å²) in [4.78, 5) is 10.8. The first-order chi connectivity index (χ1) is 7.84. The van der Waals surface area contributed by atoms with Crippen LogP contribution in [0.4, 0.5) is 13.2 Å². The molecule has 1 aromatic carbocycles. The van der Waals surface area contributed by atoms with Crippen LogP contribution in [0, 0.1) is 0 Å². The van der Waals surface area contributed by atoms with Crippen molar-refractivity contribution in [3.8, 4) is 0 Å². The van der Waals surface area contributed by atoms with E-state index < -0.39 is 17.6 Å². The van der Waals surface area contributed by atoms with E-state index in [2.05, 4.69) is 0 Å². The smallest absolute Gasteiger partial charge is 0.370 e. The molecule has 1 amide bonds. The quantitative estimate of drug-likeness (QED) is 0.870. The van der Waals surface area contributed by atoms with Gasteiger partial charge in [0.25, 0.3) is 0 Å². The van der Waals surface area contributed by atoms with Gasteiger partial charge in [-0.15, -0.1) is 0 Å². The molecule has 0 aliphatic carbocycles. The Morgan fingerprint density at radius 3 is 2.18 bits per heavy atom. The van der Waals surface area contributed by atoms with E-state index >= 15 is 0 Å². The zero-order valence-corrected chi connectivity index (χ0v) is 9.42. The Hall–Kier alpha value is -1.52. The van der Waals surface area contributed by atoms with Gasteiger partial charge in [0.15, 0.2) is 0 Å². The van der Waals surface area contributed by atoms with E-state index in [9.17, 15) is 18.0 Å². The van der Waals surface area contributed by atoms with Crippen LogP contribution in [0.2, 0.25) is 0 Å². The number of amides is 1. The van der Waals surface area contributed by atoms with Gasteiger partial charge in [0, 0.05) is 6.42 Å². The molecule has 1 atom stereocenters. The molecule has 0 radical (unpaired) electrons.